The second-order valence-corrected chi connectivity index (χ2v) is 5.74. The average molecular weight is 314 g/mol. The van der Waals surface area contributed by atoms with Crippen LogP contribution in [0.1, 0.15) is 41.8 Å². The molecule has 1 saturated heterocycles. The number of nitrogens with zero attached hydrogens (tertiary/aromatic N) is 2. The van der Waals surface area contributed by atoms with Gasteiger partial charge in [-0.2, -0.15) is 16.7 Å². The number of amides is 1. The topological polar surface area (TPSA) is 117 Å². The van der Waals surface area contributed by atoms with Gasteiger partial charge in [-0.25, -0.2) is 4.79 Å². The minimum absolute atomic E-state index is 0.0224. The highest BCUT2D eigenvalue weighted by Crippen LogP contribution is 2.21. The minimum atomic E-state index is -1.07. The zero-order valence-corrected chi connectivity index (χ0v) is 12.5. The largest absolute Gasteiger partial charge is 0.480 e. The summed E-state index contributed by atoms with van der Waals surface area (Å²) in [4.78, 5) is 27.1. The van der Waals surface area contributed by atoms with Gasteiger partial charge in [0, 0.05) is 0 Å². The Balaban J connectivity index is 1.96. The van der Waals surface area contributed by atoms with Gasteiger partial charge in [0.1, 0.15) is 6.04 Å². The maximum Gasteiger partial charge on any atom is 0.326 e. The predicted octanol–water partition coefficient (Wildman–Crippen LogP) is 0.430. The van der Waals surface area contributed by atoms with Crippen molar-refractivity contribution in [3.8, 4) is 0 Å². The molecule has 116 valence electrons. The van der Waals surface area contributed by atoms with E-state index in [0.717, 1.165) is 19.4 Å². The van der Waals surface area contributed by atoms with Crippen molar-refractivity contribution in [3.05, 3.63) is 11.7 Å². The Morgan fingerprint density at radius 2 is 2.43 bits per heavy atom. The van der Waals surface area contributed by atoms with Crippen molar-refractivity contribution in [2.75, 3.05) is 18.6 Å². The molecule has 1 amide bonds. The number of hydrogen-bond donors (Lipinski definition) is 3. The predicted molar refractivity (Wildman–Crippen MR) is 76.2 cm³/mol. The fraction of sp³-hybridized carbons (Fsp3) is 0.667. The number of aliphatic carboxylic acids is 1. The molecule has 0 bridgehead atoms. The summed E-state index contributed by atoms with van der Waals surface area (Å²) in [6.07, 6.45) is 4.12. The van der Waals surface area contributed by atoms with Crippen LogP contribution in [0.15, 0.2) is 4.52 Å². The summed E-state index contributed by atoms with van der Waals surface area (Å²) in [6, 6.07) is -0.970. The molecule has 1 aliphatic heterocycles. The third-order valence-corrected chi connectivity index (χ3v) is 3.86. The molecule has 2 atom stereocenters. The Labute approximate surface area is 126 Å². The van der Waals surface area contributed by atoms with Gasteiger partial charge in [-0.15, -0.1) is 0 Å². The van der Waals surface area contributed by atoms with E-state index in [1.807, 2.05) is 6.26 Å². The lowest BCUT2D eigenvalue weighted by Crippen LogP contribution is -2.41. The first-order valence-electron chi connectivity index (χ1n) is 6.71. The molecule has 1 aromatic heterocycles. The lowest BCUT2D eigenvalue weighted by atomic mass is 10.2. The lowest BCUT2D eigenvalue weighted by molar-refractivity contribution is -0.139. The molecule has 1 aliphatic rings. The van der Waals surface area contributed by atoms with E-state index >= 15 is 0 Å². The first kappa shape index (κ1) is 15.8. The van der Waals surface area contributed by atoms with Crippen LogP contribution in [-0.2, 0) is 4.79 Å². The van der Waals surface area contributed by atoms with Crippen molar-refractivity contribution in [3.63, 3.8) is 0 Å². The van der Waals surface area contributed by atoms with Crippen LogP contribution in [0.2, 0.25) is 0 Å². The lowest BCUT2D eigenvalue weighted by Gasteiger charge is -2.12. The summed E-state index contributed by atoms with van der Waals surface area (Å²) in [6.45, 7) is 0.879. The van der Waals surface area contributed by atoms with Gasteiger partial charge < -0.3 is 20.3 Å². The Bertz CT molecular complexity index is 501. The third kappa shape index (κ3) is 4.18. The maximum absolute atomic E-state index is 12.0. The normalized spacial score (nSPS) is 19.4. The van der Waals surface area contributed by atoms with Gasteiger partial charge in [-0.05, 0) is 37.8 Å². The molecule has 2 heterocycles. The van der Waals surface area contributed by atoms with Crippen molar-refractivity contribution in [1.29, 1.82) is 0 Å². The zero-order chi connectivity index (χ0) is 15.2. The Morgan fingerprint density at radius 1 is 1.62 bits per heavy atom. The van der Waals surface area contributed by atoms with Gasteiger partial charge in [0.15, 0.2) is 0 Å². The maximum atomic E-state index is 12.0. The summed E-state index contributed by atoms with van der Waals surface area (Å²) in [5, 5.41) is 18.3. The van der Waals surface area contributed by atoms with E-state index in [4.69, 9.17) is 9.63 Å². The van der Waals surface area contributed by atoms with Gasteiger partial charge in [0.05, 0.1) is 6.04 Å². The molecule has 2 unspecified atom stereocenters. The monoisotopic (exact) mass is 314 g/mol. The van der Waals surface area contributed by atoms with Crippen molar-refractivity contribution >= 4 is 23.6 Å². The molecular weight excluding hydrogens is 296 g/mol. The molecule has 8 nitrogen and oxygen atoms in total. The molecule has 9 heteroatoms. The van der Waals surface area contributed by atoms with Crippen LogP contribution in [0.5, 0.6) is 0 Å². The Kier molecular flexibility index (Phi) is 5.57. The van der Waals surface area contributed by atoms with E-state index in [-0.39, 0.29) is 11.9 Å². The summed E-state index contributed by atoms with van der Waals surface area (Å²) >= 11 is 1.52. The number of carboxylic acid groups (broad SMARTS) is 1. The van der Waals surface area contributed by atoms with Crippen molar-refractivity contribution in [2.45, 2.75) is 31.3 Å². The molecule has 0 saturated carbocycles. The van der Waals surface area contributed by atoms with Gasteiger partial charge in [0.2, 0.25) is 5.89 Å². The first-order valence-corrected chi connectivity index (χ1v) is 8.10. The third-order valence-electron chi connectivity index (χ3n) is 3.22. The van der Waals surface area contributed by atoms with E-state index in [1.165, 1.54) is 11.8 Å². The van der Waals surface area contributed by atoms with Crippen LogP contribution in [0.25, 0.3) is 0 Å². The van der Waals surface area contributed by atoms with E-state index in [1.54, 1.807) is 0 Å². The Morgan fingerprint density at radius 3 is 3.05 bits per heavy atom. The van der Waals surface area contributed by atoms with Gasteiger partial charge >= 0.3 is 5.97 Å². The summed E-state index contributed by atoms with van der Waals surface area (Å²) in [5.74, 6) is -0.821. The van der Waals surface area contributed by atoms with Gasteiger partial charge in [0.25, 0.3) is 11.7 Å². The van der Waals surface area contributed by atoms with Crippen molar-refractivity contribution in [1.82, 2.24) is 20.8 Å². The molecule has 0 spiro atoms. The molecule has 3 N–H and O–H groups in total. The zero-order valence-electron chi connectivity index (χ0n) is 11.7. The molecule has 0 aromatic carbocycles. The highest BCUT2D eigenvalue weighted by molar-refractivity contribution is 7.98. The van der Waals surface area contributed by atoms with Crippen LogP contribution in [0.4, 0.5) is 0 Å². The average Bonchev–Trinajstić information content (AvgIpc) is 3.12. The molecule has 21 heavy (non-hydrogen) atoms. The molecule has 0 radical (unpaired) electrons. The van der Waals surface area contributed by atoms with Crippen LogP contribution < -0.4 is 10.6 Å². The van der Waals surface area contributed by atoms with Crippen LogP contribution in [-0.4, -0.2) is 51.7 Å². The molecule has 0 aliphatic carbocycles. The SMILES string of the molecule is CSCCC(NC(=O)c1noc(C2CCCN2)n1)C(=O)O. The van der Waals surface area contributed by atoms with Crippen molar-refractivity contribution in [2.24, 2.45) is 0 Å². The second-order valence-electron chi connectivity index (χ2n) is 4.75. The summed E-state index contributed by atoms with van der Waals surface area (Å²) < 4.78 is 5.06. The minimum Gasteiger partial charge on any atom is -0.480 e. The quantitative estimate of drug-likeness (QED) is 0.663. The standard InChI is InChI=1S/C12H18N4O4S/c1-21-6-4-8(12(18)19)14-10(17)9-15-11(20-16-9)7-3-2-5-13-7/h7-8,13H,2-6H2,1H3,(H,14,17)(H,18,19). The highest BCUT2D eigenvalue weighted by Gasteiger charge is 2.26. The number of aromatic nitrogens is 2. The number of carbonyl (C=O) groups excluding carboxylic acids is 1. The highest BCUT2D eigenvalue weighted by atomic mass is 32.2. The first-order chi connectivity index (χ1) is 10.1. The van der Waals surface area contributed by atoms with Crippen LogP contribution >= 0.6 is 11.8 Å². The summed E-state index contributed by atoms with van der Waals surface area (Å²) in [5.41, 5.74) is 0. The van der Waals surface area contributed by atoms with Gasteiger partial charge in [-0.1, -0.05) is 5.16 Å². The second kappa shape index (κ2) is 7.41. The van der Waals surface area contributed by atoms with E-state index in [2.05, 4.69) is 20.8 Å². The molecular formula is C12H18N4O4S. The number of nitrogens with one attached hydrogen (secondary N) is 2. The van der Waals surface area contributed by atoms with E-state index < -0.39 is 17.9 Å². The number of carboxylic acids is 1. The molecule has 2 rings (SSSR count). The van der Waals surface area contributed by atoms with Crippen LogP contribution in [0, 0.1) is 0 Å². The number of carbonyl (C=O) groups is 2. The van der Waals surface area contributed by atoms with Crippen LogP contribution in [0.3, 0.4) is 0 Å². The van der Waals surface area contributed by atoms with E-state index in [9.17, 15) is 9.59 Å². The fourth-order valence-electron chi connectivity index (χ4n) is 2.08. The number of hydrogen-bond acceptors (Lipinski definition) is 7. The van der Waals surface area contributed by atoms with Crippen molar-refractivity contribution < 1.29 is 19.2 Å². The smallest absolute Gasteiger partial charge is 0.326 e. The molecule has 1 fully saturated rings. The number of rotatable bonds is 7. The number of thioether (sulfide) groups is 1. The fourth-order valence-corrected chi connectivity index (χ4v) is 2.55. The summed E-state index contributed by atoms with van der Waals surface area (Å²) in [7, 11) is 0. The Hall–Kier alpha value is -1.61. The van der Waals surface area contributed by atoms with E-state index in [0.29, 0.717) is 18.1 Å². The molecule has 1 aromatic rings. The van der Waals surface area contributed by atoms with Gasteiger partial charge in [-0.3, -0.25) is 4.79 Å².